The molecule has 1 aromatic carbocycles. The molecule has 0 saturated heterocycles. The van der Waals surface area contributed by atoms with Gasteiger partial charge in [0.05, 0.1) is 17.6 Å². The Morgan fingerprint density at radius 3 is 2.64 bits per heavy atom. The molecular weight excluding hydrogens is 388 g/mol. The van der Waals surface area contributed by atoms with Crippen molar-refractivity contribution >= 4 is 27.9 Å². The van der Waals surface area contributed by atoms with Crippen molar-refractivity contribution in [2.45, 2.75) is 19.4 Å². The molecule has 7 nitrogen and oxygen atoms in total. The molecule has 0 fully saturated rings. The lowest BCUT2D eigenvalue weighted by molar-refractivity contribution is 0.458. The van der Waals surface area contributed by atoms with E-state index in [9.17, 15) is 17.2 Å². The second kappa shape index (κ2) is 6.93. The number of nitrogens with zero attached hydrogens (tertiary/aromatic N) is 4. The van der Waals surface area contributed by atoms with Gasteiger partial charge in [-0.2, -0.15) is 0 Å². The molecule has 3 rings (SSSR count). The summed E-state index contributed by atoms with van der Waals surface area (Å²) < 4.78 is 54.5. The smallest absolute Gasteiger partial charge is 0.239 e. The Morgan fingerprint density at radius 2 is 2.04 bits per heavy atom. The van der Waals surface area contributed by atoms with E-state index in [2.05, 4.69) is 15.0 Å². The van der Waals surface area contributed by atoms with Crippen molar-refractivity contribution in [1.29, 1.82) is 0 Å². The van der Waals surface area contributed by atoms with E-state index in [1.54, 1.807) is 6.92 Å². The van der Waals surface area contributed by atoms with E-state index in [0.717, 1.165) is 10.4 Å². The number of hydrogen-bond donors (Lipinski definition) is 1. The Bertz CT molecular complexity index is 1080. The van der Waals surface area contributed by atoms with Gasteiger partial charge in [-0.1, -0.05) is 6.07 Å². The monoisotopic (exact) mass is 407 g/mol. The van der Waals surface area contributed by atoms with Gasteiger partial charge >= 0.3 is 0 Å². The standard InChI is InChI=1S/C18H19F2N5O2S/c1-11-8-23-16(9-22-11)15(20)7-12-4-5-14(19)13(6-12)18(2)10-28(26,27)25(3)17(21)24-18/h4-9H,10H2,1-3H3,(H2,21,24)/b15-7-/t18-/m0/s1. The number of rotatable bonds is 3. The molecule has 28 heavy (non-hydrogen) atoms. The minimum atomic E-state index is -3.76. The second-order valence-corrected chi connectivity index (χ2v) is 8.74. The molecular formula is C18H19F2N5O2S. The fourth-order valence-corrected chi connectivity index (χ4v) is 4.32. The molecule has 1 aromatic heterocycles. The van der Waals surface area contributed by atoms with Crippen LogP contribution in [0.1, 0.15) is 29.4 Å². The van der Waals surface area contributed by atoms with Crippen molar-refractivity contribution in [3.05, 3.63) is 58.9 Å². The molecule has 0 saturated carbocycles. The first-order valence-corrected chi connectivity index (χ1v) is 9.91. The molecule has 0 amide bonds. The van der Waals surface area contributed by atoms with Crippen molar-refractivity contribution in [3.63, 3.8) is 0 Å². The molecule has 0 radical (unpaired) electrons. The summed E-state index contributed by atoms with van der Waals surface area (Å²) in [5, 5.41) is 0. The van der Waals surface area contributed by atoms with Crippen LogP contribution in [0.25, 0.3) is 11.9 Å². The van der Waals surface area contributed by atoms with Crippen LogP contribution in [0.3, 0.4) is 0 Å². The first kappa shape index (κ1) is 19.9. The number of nitrogens with two attached hydrogens (primary N) is 1. The summed E-state index contributed by atoms with van der Waals surface area (Å²) in [5.41, 5.74) is 5.28. The van der Waals surface area contributed by atoms with Gasteiger partial charge < -0.3 is 5.73 Å². The van der Waals surface area contributed by atoms with Crippen LogP contribution in [-0.4, -0.2) is 41.5 Å². The summed E-state index contributed by atoms with van der Waals surface area (Å²) in [4.78, 5) is 12.1. The highest BCUT2D eigenvalue weighted by Crippen LogP contribution is 2.34. The molecule has 1 atom stereocenters. The maximum atomic E-state index is 14.5. The molecule has 2 heterocycles. The van der Waals surface area contributed by atoms with Gasteiger partial charge in [-0.25, -0.2) is 26.5 Å². The Kier molecular flexibility index (Phi) is 4.92. The third kappa shape index (κ3) is 3.72. The predicted molar refractivity (Wildman–Crippen MR) is 103 cm³/mol. The zero-order chi connectivity index (χ0) is 20.7. The van der Waals surface area contributed by atoms with Crippen LogP contribution < -0.4 is 5.73 Å². The molecule has 148 valence electrons. The predicted octanol–water partition coefficient (Wildman–Crippen LogP) is 2.20. The molecule has 0 aliphatic carbocycles. The minimum Gasteiger partial charge on any atom is -0.369 e. The van der Waals surface area contributed by atoms with E-state index in [1.165, 1.54) is 44.6 Å². The number of guanidine groups is 1. The van der Waals surface area contributed by atoms with Crippen LogP contribution >= 0.6 is 0 Å². The molecule has 0 bridgehead atoms. The van der Waals surface area contributed by atoms with Crippen LogP contribution in [0.2, 0.25) is 0 Å². The van der Waals surface area contributed by atoms with Crippen molar-refractivity contribution < 1.29 is 17.2 Å². The number of halogens is 2. The Labute approximate surface area is 161 Å². The van der Waals surface area contributed by atoms with Crippen molar-refractivity contribution in [2.24, 2.45) is 10.7 Å². The van der Waals surface area contributed by atoms with Crippen LogP contribution in [0, 0.1) is 12.7 Å². The lowest BCUT2D eigenvalue weighted by Crippen LogP contribution is -2.50. The molecule has 2 aromatic rings. The SMILES string of the molecule is Cc1cnc(/C(F)=C/c2ccc(F)c([C@]3(C)CS(=O)(=O)N(C)C(N)=N3)c2)cn1. The van der Waals surface area contributed by atoms with E-state index >= 15 is 0 Å². The van der Waals surface area contributed by atoms with E-state index < -0.39 is 33.0 Å². The van der Waals surface area contributed by atoms with Crippen LogP contribution in [0.4, 0.5) is 8.78 Å². The zero-order valence-electron chi connectivity index (χ0n) is 15.5. The molecule has 0 spiro atoms. The van der Waals surface area contributed by atoms with Gasteiger partial charge in [0, 0.05) is 18.8 Å². The Morgan fingerprint density at radius 1 is 1.32 bits per heavy atom. The zero-order valence-corrected chi connectivity index (χ0v) is 16.3. The number of hydrogen-bond acceptors (Lipinski definition) is 6. The maximum absolute atomic E-state index is 14.5. The first-order valence-electron chi connectivity index (χ1n) is 8.30. The van der Waals surface area contributed by atoms with Gasteiger partial charge in [0.25, 0.3) is 0 Å². The lowest BCUT2D eigenvalue weighted by atomic mass is 9.92. The van der Waals surface area contributed by atoms with Gasteiger partial charge in [0.2, 0.25) is 16.0 Å². The van der Waals surface area contributed by atoms with Gasteiger partial charge in [-0.05, 0) is 37.6 Å². The van der Waals surface area contributed by atoms with Gasteiger partial charge in [-0.3, -0.25) is 9.97 Å². The summed E-state index contributed by atoms with van der Waals surface area (Å²) in [6.07, 6.45) is 3.89. The topological polar surface area (TPSA) is 102 Å². The van der Waals surface area contributed by atoms with E-state index in [4.69, 9.17) is 5.73 Å². The second-order valence-electron chi connectivity index (χ2n) is 6.74. The number of sulfonamides is 1. The summed E-state index contributed by atoms with van der Waals surface area (Å²) in [6, 6.07) is 3.87. The number of aromatic nitrogens is 2. The van der Waals surface area contributed by atoms with E-state index in [0.29, 0.717) is 11.3 Å². The molecule has 10 heteroatoms. The summed E-state index contributed by atoms with van der Waals surface area (Å²) in [5.74, 6) is -2.02. The van der Waals surface area contributed by atoms with E-state index in [-0.39, 0.29) is 17.2 Å². The lowest BCUT2D eigenvalue weighted by Gasteiger charge is -2.34. The molecule has 2 N–H and O–H groups in total. The Hall–Kier alpha value is -2.88. The van der Waals surface area contributed by atoms with Gasteiger partial charge in [-0.15, -0.1) is 0 Å². The normalized spacial score (nSPS) is 22.1. The fourth-order valence-electron chi connectivity index (χ4n) is 2.87. The third-order valence-electron chi connectivity index (χ3n) is 4.45. The first-order chi connectivity index (χ1) is 13.0. The number of aliphatic imine (C=N–C) groups is 1. The average Bonchev–Trinajstić information content (AvgIpc) is 2.61. The largest absolute Gasteiger partial charge is 0.369 e. The van der Waals surface area contributed by atoms with Crippen molar-refractivity contribution in [2.75, 3.05) is 12.8 Å². The van der Waals surface area contributed by atoms with E-state index in [1.807, 2.05) is 0 Å². The average molecular weight is 407 g/mol. The summed E-state index contributed by atoms with van der Waals surface area (Å²) in [7, 11) is -2.48. The molecule has 1 aliphatic rings. The van der Waals surface area contributed by atoms with Crippen molar-refractivity contribution in [1.82, 2.24) is 14.3 Å². The van der Waals surface area contributed by atoms with Crippen molar-refractivity contribution in [3.8, 4) is 0 Å². The fraction of sp³-hybridized carbons (Fsp3) is 0.278. The molecule has 0 unspecified atom stereocenters. The quantitative estimate of drug-likeness (QED) is 0.840. The highest BCUT2D eigenvalue weighted by molar-refractivity contribution is 7.89. The van der Waals surface area contributed by atoms with Crippen LogP contribution in [0.15, 0.2) is 35.6 Å². The number of aryl methyl sites for hydroxylation is 1. The van der Waals surface area contributed by atoms with Crippen LogP contribution in [-0.2, 0) is 15.6 Å². The minimum absolute atomic E-state index is 0.00339. The highest BCUT2D eigenvalue weighted by atomic mass is 32.2. The maximum Gasteiger partial charge on any atom is 0.239 e. The third-order valence-corrected chi connectivity index (χ3v) is 6.40. The Balaban J connectivity index is 2.05. The van der Waals surface area contributed by atoms with Gasteiger partial charge in [0.1, 0.15) is 17.1 Å². The highest BCUT2D eigenvalue weighted by Gasteiger charge is 2.41. The van der Waals surface area contributed by atoms with Crippen LogP contribution in [0.5, 0.6) is 0 Å². The summed E-state index contributed by atoms with van der Waals surface area (Å²) in [6.45, 7) is 3.20. The summed E-state index contributed by atoms with van der Waals surface area (Å²) >= 11 is 0. The number of benzene rings is 1. The van der Waals surface area contributed by atoms with Gasteiger partial charge in [0.15, 0.2) is 5.83 Å². The molecule has 1 aliphatic heterocycles.